The van der Waals surface area contributed by atoms with Crippen molar-refractivity contribution in [3.63, 3.8) is 0 Å². The molecule has 0 radical (unpaired) electrons. The van der Waals surface area contributed by atoms with Gasteiger partial charge in [-0.15, -0.1) is 0 Å². The minimum absolute atomic E-state index is 0.0489. The van der Waals surface area contributed by atoms with Crippen LogP contribution in [0.1, 0.15) is 37.6 Å². The normalized spacial score (nSPS) is 11.8. The molecule has 1 rings (SSSR count). The summed E-state index contributed by atoms with van der Waals surface area (Å²) in [4.78, 5) is 28.5. The quantitative estimate of drug-likeness (QED) is 0.838. The topological polar surface area (TPSA) is 82.5 Å². The Hall–Kier alpha value is -2.11. The lowest BCUT2D eigenvalue weighted by Gasteiger charge is -2.24. The number of amides is 2. The maximum Gasteiger partial charge on any atom is 0.337 e. The highest BCUT2D eigenvalue weighted by Crippen LogP contribution is 2.11. The van der Waals surface area contributed by atoms with Crippen LogP contribution in [-0.2, 0) is 0 Å². The van der Waals surface area contributed by atoms with E-state index in [2.05, 4.69) is 24.1 Å². The molecule has 20 heavy (non-hydrogen) atoms. The summed E-state index contributed by atoms with van der Waals surface area (Å²) in [6.07, 6.45) is 3.68. The lowest BCUT2D eigenvalue weighted by molar-refractivity contribution is 0.0696. The number of aromatic carboxylic acids is 1. The zero-order chi connectivity index (χ0) is 15.1. The first-order chi connectivity index (χ1) is 9.47. The minimum atomic E-state index is -1.07. The molecule has 1 atom stereocenters. The van der Waals surface area contributed by atoms with E-state index >= 15 is 0 Å². The summed E-state index contributed by atoms with van der Waals surface area (Å²) in [6, 6.07) is 1.15. The number of carboxylic acids is 1. The number of aromatic nitrogens is 1. The first kappa shape index (κ1) is 15.9. The van der Waals surface area contributed by atoms with Crippen LogP contribution in [0.4, 0.5) is 10.5 Å². The molecule has 1 heterocycles. The highest BCUT2D eigenvalue weighted by Gasteiger charge is 2.15. The lowest BCUT2D eigenvalue weighted by atomic mass is 10.1. The second-order valence-corrected chi connectivity index (χ2v) is 4.75. The third-order valence-electron chi connectivity index (χ3n) is 3.13. The van der Waals surface area contributed by atoms with Crippen molar-refractivity contribution >= 4 is 17.7 Å². The van der Waals surface area contributed by atoms with Crippen molar-refractivity contribution in [3.8, 4) is 0 Å². The third kappa shape index (κ3) is 4.53. The van der Waals surface area contributed by atoms with Crippen LogP contribution in [0, 0.1) is 5.92 Å². The van der Waals surface area contributed by atoms with Crippen molar-refractivity contribution in [3.05, 3.63) is 24.0 Å². The molecule has 0 spiro atoms. The number of carbonyl (C=O) groups excluding carboxylic acids is 1. The van der Waals surface area contributed by atoms with E-state index in [-0.39, 0.29) is 11.6 Å². The van der Waals surface area contributed by atoms with E-state index in [1.807, 2.05) is 6.92 Å². The molecule has 0 aliphatic heterocycles. The highest BCUT2D eigenvalue weighted by atomic mass is 16.4. The lowest BCUT2D eigenvalue weighted by Crippen LogP contribution is -2.37. The molecule has 1 aromatic heterocycles. The maximum atomic E-state index is 12.1. The van der Waals surface area contributed by atoms with Gasteiger partial charge in [-0.05, 0) is 18.9 Å². The fourth-order valence-corrected chi connectivity index (χ4v) is 1.69. The third-order valence-corrected chi connectivity index (χ3v) is 3.13. The van der Waals surface area contributed by atoms with Crippen LogP contribution in [-0.4, -0.2) is 40.1 Å². The van der Waals surface area contributed by atoms with Gasteiger partial charge in [0.15, 0.2) is 0 Å². The summed E-state index contributed by atoms with van der Waals surface area (Å²) in [7, 11) is 0. The zero-order valence-electron chi connectivity index (χ0n) is 12.1. The van der Waals surface area contributed by atoms with Crippen molar-refractivity contribution < 1.29 is 14.7 Å². The monoisotopic (exact) mass is 279 g/mol. The average Bonchev–Trinajstić information content (AvgIpc) is 2.44. The van der Waals surface area contributed by atoms with Gasteiger partial charge in [-0.3, -0.25) is 4.98 Å². The Labute approximate surface area is 118 Å². The summed E-state index contributed by atoms with van der Waals surface area (Å²) >= 11 is 0. The summed E-state index contributed by atoms with van der Waals surface area (Å²) in [5, 5.41) is 11.6. The minimum Gasteiger partial charge on any atom is -0.478 e. The number of urea groups is 1. The molecule has 6 nitrogen and oxygen atoms in total. The number of carbonyl (C=O) groups is 2. The van der Waals surface area contributed by atoms with Gasteiger partial charge in [-0.1, -0.05) is 20.3 Å². The van der Waals surface area contributed by atoms with Gasteiger partial charge in [-0.25, -0.2) is 9.59 Å². The Bertz CT molecular complexity index is 476. The molecule has 2 amide bonds. The van der Waals surface area contributed by atoms with Crippen LogP contribution < -0.4 is 5.32 Å². The van der Waals surface area contributed by atoms with Gasteiger partial charge in [-0.2, -0.15) is 0 Å². The van der Waals surface area contributed by atoms with Crippen LogP contribution in [0.5, 0.6) is 0 Å². The van der Waals surface area contributed by atoms with Gasteiger partial charge >= 0.3 is 12.0 Å². The highest BCUT2D eigenvalue weighted by molar-refractivity contribution is 5.92. The predicted octanol–water partition coefficient (Wildman–Crippen LogP) is 2.68. The van der Waals surface area contributed by atoms with Gasteiger partial charge < -0.3 is 15.3 Å². The van der Waals surface area contributed by atoms with E-state index in [1.54, 1.807) is 4.90 Å². The van der Waals surface area contributed by atoms with Gasteiger partial charge in [0.2, 0.25) is 0 Å². The maximum absolute atomic E-state index is 12.1. The number of hydrogen-bond donors (Lipinski definition) is 2. The van der Waals surface area contributed by atoms with E-state index < -0.39 is 5.97 Å². The first-order valence-electron chi connectivity index (χ1n) is 6.72. The van der Waals surface area contributed by atoms with E-state index in [0.717, 1.165) is 6.42 Å². The van der Waals surface area contributed by atoms with Crippen molar-refractivity contribution in [2.24, 2.45) is 5.92 Å². The molecule has 1 aromatic rings. The first-order valence-corrected chi connectivity index (χ1v) is 6.72. The Morgan fingerprint density at radius 3 is 2.65 bits per heavy atom. The smallest absolute Gasteiger partial charge is 0.337 e. The Balaban J connectivity index is 2.73. The van der Waals surface area contributed by atoms with E-state index in [1.165, 1.54) is 18.5 Å². The van der Waals surface area contributed by atoms with Gasteiger partial charge in [0, 0.05) is 19.3 Å². The number of rotatable bonds is 6. The van der Waals surface area contributed by atoms with Gasteiger partial charge in [0.05, 0.1) is 17.4 Å². The second-order valence-electron chi connectivity index (χ2n) is 4.75. The Morgan fingerprint density at radius 2 is 2.10 bits per heavy atom. The standard InChI is InChI=1S/C14H21N3O3/c1-4-10(3)9-17(5-2)14(20)16-12-6-11(13(18)19)7-15-8-12/h6-8,10H,4-5,9H2,1-3H3,(H,16,20)(H,18,19). The molecule has 0 bridgehead atoms. The molecular formula is C14H21N3O3. The molecule has 1 unspecified atom stereocenters. The molecule has 0 aromatic carbocycles. The summed E-state index contributed by atoms with van der Waals surface area (Å²) in [6.45, 7) is 7.35. The van der Waals surface area contributed by atoms with Crippen molar-refractivity contribution in [1.29, 1.82) is 0 Å². The predicted molar refractivity (Wildman–Crippen MR) is 76.9 cm³/mol. The largest absolute Gasteiger partial charge is 0.478 e. The molecule has 0 aliphatic rings. The summed E-state index contributed by atoms with van der Waals surface area (Å²) in [5.41, 5.74) is 0.435. The molecule has 110 valence electrons. The van der Waals surface area contributed by atoms with Crippen LogP contribution >= 0.6 is 0 Å². The number of pyridine rings is 1. The molecule has 0 saturated heterocycles. The average molecular weight is 279 g/mol. The number of anilines is 1. The second kappa shape index (κ2) is 7.47. The van der Waals surface area contributed by atoms with Crippen LogP contribution in [0.15, 0.2) is 18.5 Å². The van der Waals surface area contributed by atoms with Crippen molar-refractivity contribution in [2.75, 3.05) is 18.4 Å². The summed E-state index contributed by atoms with van der Waals surface area (Å²) in [5.74, 6) is -0.648. The van der Waals surface area contributed by atoms with E-state index in [4.69, 9.17) is 5.11 Å². The Kier molecular flexibility index (Phi) is 5.96. The fraction of sp³-hybridized carbons (Fsp3) is 0.500. The van der Waals surface area contributed by atoms with E-state index in [0.29, 0.717) is 24.7 Å². The Morgan fingerprint density at radius 1 is 1.40 bits per heavy atom. The van der Waals surface area contributed by atoms with Crippen LogP contribution in [0.3, 0.4) is 0 Å². The van der Waals surface area contributed by atoms with Gasteiger partial charge in [0.25, 0.3) is 0 Å². The molecular weight excluding hydrogens is 258 g/mol. The van der Waals surface area contributed by atoms with Crippen LogP contribution in [0.25, 0.3) is 0 Å². The number of nitrogens with one attached hydrogen (secondary N) is 1. The van der Waals surface area contributed by atoms with Crippen molar-refractivity contribution in [2.45, 2.75) is 27.2 Å². The van der Waals surface area contributed by atoms with Crippen molar-refractivity contribution in [1.82, 2.24) is 9.88 Å². The number of nitrogens with zero attached hydrogens (tertiary/aromatic N) is 2. The SMILES string of the molecule is CCC(C)CN(CC)C(=O)Nc1cncc(C(=O)O)c1. The molecule has 0 fully saturated rings. The van der Waals surface area contributed by atoms with Crippen LogP contribution in [0.2, 0.25) is 0 Å². The molecule has 0 saturated carbocycles. The molecule has 2 N–H and O–H groups in total. The molecule has 0 aliphatic carbocycles. The zero-order valence-corrected chi connectivity index (χ0v) is 12.1. The molecule has 6 heteroatoms. The number of carboxylic acid groups (broad SMARTS) is 1. The van der Waals surface area contributed by atoms with E-state index in [9.17, 15) is 9.59 Å². The summed E-state index contributed by atoms with van der Waals surface area (Å²) < 4.78 is 0. The fourth-order valence-electron chi connectivity index (χ4n) is 1.69. The van der Waals surface area contributed by atoms with Gasteiger partial charge in [0.1, 0.15) is 0 Å². The number of hydrogen-bond acceptors (Lipinski definition) is 3.